The van der Waals surface area contributed by atoms with Crippen molar-refractivity contribution >= 4 is 10.0 Å². The van der Waals surface area contributed by atoms with E-state index >= 15 is 0 Å². The van der Waals surface area contributed by atoms with Gasteiger partial charge in [0.05, 0.1) is 17.4 Å². The minimum atomic E-state index is -3.39. The molecule has 20 heavy (non-hydrogen) atoms. The number of nitriles is 1. The van der Waals surface area contributed by atoms with E-state index in [0.29, 0.717) is 17.7 Å². The maximum absolute atomic E-state index is 12.5. The lowest BCUT2D eigenvalue weighted by Gasteiger charge is -2.37. The molecule has 0 aliphatic carbocycles. The molecule has 1 saturated heterocycles. The molecule has 1 aromatic carbocycles. The second-order valence-electron chi connectivity index (χ2n) is 5.25. The highest BCUT2D eigenvalue weighted by molar-refractivity contribution is 7.88. The molecule has 1 fully saturated rings. The maximum Gasteiger partial charge on any atom is 0.218 e. The van der Waals surface area contributed by atoms with Gasteiger partial charge in [-0.1, -0.05) is 18.2 Å². The summed E-state index contributed by atoms with van der Waals surface area (Å²) in [6, 6.07) is 8.88. The number of rotatable bonds is 3. The van der Waals surface area contributed by atoms with Crippen molar-refractivity contribution in [3.63, 3.8) is 0 Å². The zero-order chi connectivity index (χ0) is 14.8. The first-order valence-electron chi connectivity index (χ1n) is 6.60. The molecule has 5 nitrogen and oxygen atoms in total. The van der Waals surface area contributed by atoms with Gasteiger partial charge in [0.25, 0.3) is 0 Å². The summed E-state index contributed by atoms with van der Waals surface area (Å²) in [4.78, 5) is 2.12. The minimum Gasteiger partial charge on any atom is -0.303 e. The lowest BCUT2D eigenvalue weighted by molar-refractivity contribution is 0.170. The molecular weight excluding hydrogens is 274 g/mol. The van der Waals surface area contributed by atoms with Crippen molar-refractivity contribution in [2.24, 2.45) is 0 Å². The van der Waals surface area contributed by atoms with Crippen LogP contribution in [0.4, 0.5) is 0 Å². The monoisotopic (exact) mass is 293 g/mol. The van der Waals surface area contributed by atoms with E-state index in [4.69, 9.17) is 5.26 Å². The van der Waals surface area contributed by atoms with Gasteiger partial charge in [-0.05, 0) is 25.6 Å². The second-order valence-corrected chi connectivity index (χ2v) is 7.17. The second kappa shape index (κ2) is 5.92. The van der Waals surface area contributed by atoms with Crippen LogP contribution < -0.4 is 0 Å². The molecule has 1 unspecified atom stereocenters. The Balaban J connectivity index is 2.21. The summed E-state index contributed by atoms with van der Waals surface area (Å²) in [5, 5.41) is 9.05. The quantitative estimate of drug-likeness (QED) is 0.835. The molecule has 0 radical (unpaired) electrons. The molecule has 1 aromatic rings. The van der Waals surface area contributed by atoms with E-state index in [9.17, 15) is 8.42 Å². The van der Waals surface area contributed by atoms with Crippen molar-refractivity contribution in [3.8, 4) is 6.07 Å². The maximum atomic E-state index is 12.5. The van der Waals surface area contributed by atoms with Crippen LogP contribution in [0.25, 0.3) is 0 Å². The largest absolute Gasteiger partial charge is 0.303 e. The average molecular weight is 293 g/mol. The molecule has 1 aliphatic heterocycles. The highest BCUT2D eigenvalue weighted by atomic mass is 32.2. The van der Waals surface area contributed by atoms with Gasteiger partial charge in [0.1, 0.15) is 0 Å². The van der Waals surface area contributed by atoms with Crippen molar-refractivity contribution in [1.82, 2.24) is 9.21 Å². The van der Waals surface area contributed by atoms with Gasteiger partial charge >= 0.3 is 0 Å². The van der Waals surface area contributed by atoms with Gasteiger partial charge in [0.15, 0.2) is 0 Å². The first-order valence-corrected chi connectivity index (χ1v) is 8.21. The molecule has 0 saturated carbocycles. The van der Waals surface area contributed by atoms with E-state index in [-0.39, 0.29) is 11.8 Å². The lowest BCUT2D eigenvalue weighted by Crippen LogP contribution is -2.52. The summed E-state index contributed by atoms with van der Waals surface area (Å²) in [6.45, 7) is 3.90. The predicted molar refractivity (Wildman–Crippen MR) is 77.4 cm³/mol. The summed E-state index contributed by atoms with van der Waals surface area (Å²) >= 11 is 0. The van der Waals surface area contributed by atoms with Crippen molar-refractivity contribution in [1.29, 1.82) is 5.26 Å². The topological polar surface area (TPSA) is 64.4 Å². The molecule has 2 rings (SSSR count). The van der Waals surface area contributed by atoms with Crippen LogP contribution in [0.2, 0.25) is 0 Å². The number of sulfonamides is 1. The molecule has 1 atom stereocenters. The fraction of sp³-hybridized carbons (Fsp3) is 0.500. The number of likely N-dealkylation sites (N-methyl/N-ethyl adjacent to an activating group) is 1. The standard InChI is InChI=1S/C14H19N3O2S/c1-12-10-16(2)7-8-17(12)20(18,19)11-14-6-4-3-5-13(14)9-15/h3-6,12H,7-8,10-11H2,1-2H3. The van der Waals surface area contributed by atoms with E-state index in [1.54, 1.807) is 28.6 Å². The molecule has 0 N–H and O–H groups in total. The van der Waals surface area contributed by atoms with Gasteiger partial charge in [-0.25, -0.2) is 8.42 Å². The van der Waals surface area contributed by atoms with Gasteiger partial charge in [0.2, 0.25) is 10.0 Å². The van der Waals surface area contributed by atoms with Gasteiger partial charge in [-0.3, -0.25) is 0 Å². The molecule has 6 heteroatoms. The average Bonchev–Trinajstić information content (AvgIpc) is 2.38. The van der Waals surface area contributed by atoms with Crippen molar-refractivity contribution in [2.75, 3.05) is 26.7 Å². The third-order valence-corrected chi connectivity index (χ3v) is 5.54. The van der Waals surface area contributed by atoms with E-state index in [0.717, 1.165) is 13.1 Å². The summed E-state index contributed by atoms with van der Waals surface area (Å²) in [5.41, 5.74) is 0.999. The Morgan fingerprint density at radius 2 is 2.05 bits per heavy atom. The van der Waals surface area contributed by atoms with Crippen molar-refractivity contribution < 1.29 is 8.42 Å². The predicted octanol–water partition coefficient (Wildman–Crippen LogP) is 1.02. The van der Waals surface area contributed by atoms with Crippen LogP contribution >= 0.6 is 0 Å². The van der Waals surface area contributed by atoms with E-state index in [2.05, 4.69) is 4.90 Å². The fourth-order valence-corrected chi connectivity index (χ4v) is 4.36. The number of hydrogen-bond acceptors (Lipinski definition) is 4. The van der Waals surface area contributed by atoms with Crippen LogP contribution in [-0.4, -0.2) is 50.3 Å². The SMILES string of the molecule is CC1CN(C)CCN1S(=O)(=O)Cc1ccccc1C#N. The molecule has 108 valence electrons. The molecule has 1 aliphatic rings. The van der Waals surface area contributed by atoms with Crippen LogP contribution in [0.1, 0.15) is 18.1 Å². The highest BCUT2D eigenvalue weighted by Gasteiger charge is 2.31. The number of benzene rings is 1. The zero-order valence-electron chi connectivity index (χ0n) is 11.8. The summed E-state index contributed by atoms with van der Waals surface area (Å²) in [5.74, 6) is -0.106. The third-order valence-electron chi connectivity index (χ3n) is 3.60. The van der Waals surface area contributed by atoms with Gasteiger partial charge in [0, 0.05) is 25.7 Å². The third kappa shape index (κ3) is 3.18. The molecule has 0 amide bonds. The highest BCUT2D eigenvalue weighted by Crippen LogP contribution is 2.19. The summed E-state index contributed by atoms with van der Waals surface area (Å²) in [7, 11) is -1.39. The van der Waals surface area contributed by atoms with Crippen LogP contribution in [0.15, 0.2) is 24.3 Å². The molecule has 1 heterocycles. The van der Waals surface area contributed by atoms with Crippen molar-refractivity contribution in [3.05, 3.63) is 35.4 Å². The smallest absolute Gasteiger partial charge is 0.218 e. The Labute approximate surface area is 120 Å². The lowest BCUT2D eigenvalue weighted by atomic mass is 10.1. The van der Waals surface area contributed by atoms with Gasteiger partial charge in [-0.15, -0.1) is 0 Å². The zero-order valence-corrected chi connectivity index (χ0v) is 12.6. The Hall–Kier alpha value is -1.42. The fourth-order valence-electron chi connectivity index (χ4n) is 2.57. The number of hydrogen-bond donors (Lipinski definition) is 0. The van der Waals surface area contributed by atoms with Crippen LogP contribution in [0.3, 0.4) is 0 Å². The molecule has 0 aromatic heterocycles. The van der Waals surface area contributed by atoms with Crippen LogP contribution in [-0.2, 0) is 15.8 Å². The van der Waals surface area contributed by atoms with Gasteiger partial charge < -0.3 is 4.90 Å². The Morgan fingerprint density at radius 3 is 2.70 bits per heavy atom. The van der Waals surface area contributed by atoms with E-state index < -0.39 is 10.0 Å². The van der Waals surface area contributed by atoms with E-state index in [1.807, 2.05) is 20.0 Å². The van der Waals surface area contributed by atoms with E-state index in [1.165, 1.54) is 0 Å². The Bertz CT molecular complexity index is 622. The van der Waals surface area contributed by atoms with Gasteiger partial charge in [-0.2, -0.15) is 9.57 Å². The molecule has 0 bridgehead atoms. The van der Waals surface area contributed by atoms with Crippen LogP contribution in [0.5, 0.6) is 0 Å². The Kier molecular flexibility index (Phi) is 4.43. The summed E-state index contributed by atoms with van der Waals surface area (Å²) < 4.78 is 26.6. The van der Waals surface area contributed by atoms with Crippen LogP contribution in [0, 0.1) is 11.3 Å². The first-order chi connectivity index (χ1) is 9.44. The molecule has 0 spiro atoms. The normalized spacial score (nSPS) is 21.6. The number of piperazine rings is 1. The van der Waals surface area contributed by atoms with Crippen molar-refractivity contribution in [2.45, 2.75) is 18.7 Å². The number of nitrogens with zero attached hydrogens (tertiary/aromatic N) is 3. The summed E-state index contributed by atoms with van der Waals surface area (Å²) in [6.07, 6.45) is 0. The minimum absolute atomic E-state index is 0.0343. The Morgan fingerprint density at radius 1 is 1.35 bits per heavy atom. The molecular formula is C14H19N3O2S. The first kappa shape index (κ1) is 15.0.